The predicted molar refractivity (Wildman–Crippen MR) is 158 cm³/mol. The summed E-state index contributed by atoms with van der Waals surface area (Å²) in [6.07, 6.45) is 1.86. The van der Waals surface area contributed by atoms with E-state index in [4.69, 9.17) is 32.7 Å². The van der Waals surface area contributed by atoms with E-state index in [1.807, 2.05) is 6.92 Å². The summed E-state index contributed by atoms with van der Waals surface area (Å²) in [5.41, 5.74) is 0.523. The highest BCUT2D eigenvalue weighted by molar-refractivity contribution is 6.42. The van der Waals surface area contributed by atoms with Gasteiger partial charge in [0.25, 0.3) is 17.7 Å². The molecular weight excluding hydrogens is 595 g/mol. The lowest BCUT2D eigenvalue weighted by Crippen LogP contribution is -2.52. The summed E-state index contributed by atoms with van der Waals surface area (Å²) in [5.74, 6) is -3.03. The van der Waals surface area contributed by atoms with E-state index in [0.717, 1.165) is 16.4 Å². The Morgan fingerprint density at radius 1 is 0.837 bits per heavy atom. The van der Waals surface area contributed by atoms with E-state index in [1.54, 1.807) is 18.2 Å². The van der Waals surface area contributed by atoms with Crippen molar-refractivity contribution in [1.82, 2.24) is 10.0 Å². The maximum absolute atomic E-state index is 13.7. The van der Waals surface area contributed by atoms with Gasteiger partial charge in [-0.1, -0.05) is 36.2 Å². The van der Waals surface area contributed by atoms with Gasteiger partial charge in [-0.05, 0) is 85.8 Å². The topological polar surface area (TPSA) is 110 Å². The molecule has 0 spiro atoms. The van der Waals surface area contributed by atoms with Gasteiger partial charge in [0.15, 0.2) is 5.78 Å². The minimum atomic E-state index is -0.746. The van der Waals surface area contributed by atoms with Crippen LogP contribution in [0.15, 0.2) is 66.7 Å². The Balaban J connectivity index is 1.38. The third kappa shape index (κ3) is 6.28. The Morgan fingerprint density at radius 2 is 1.53 bits per heavy atom. The molecule has 2 aliphatic rings. The van der Waals surface area contributed by atoms with E-state index < -0.39 is 47.9 Å². The van der Waals surface area contributed by atoms with Crippen LogP contribution < -0.4 is 9.47 Å². The molecule has 1 aliphatic carbocycles. The average molecular weight is 623 g/mol. The fourth-order valence-electron chi connectivity index (χ4n) is 5.47. The number of Topliss-reactive ketones (excluding diaryl/α,β-unsaturated/α-hetero) is 1. The summed E-state index contributed by atoms with van der Waals surface area (Å²) in [4.78, 5) is 66.7. The van der Waals surface area contributed by atoms with E-state index in [1.165, 1.54) is 55.6 Å². The van der Waals surface area contributed by atoms with Gasteiger partial charge in [-0.25, -0.2) is 9.80 Å². The Hall–Kier alpha value is -4.21. The van der Waals surface area contributed by atoms with Crippen LogP contribution in [0.4, 0.5) is 0 Å². The number of rotatable bonds is 8. The standard InChI is InChI=1S/C32H28Cl2N2O7/c1-18-6-12-24-25(14-18)31(40)36(30(24)39)35(29(38)20-9-13-26(33)27(34)16-20)17-28(37)19-7-10-22(11-8-19)43-32(41)21-4-3-5-23(15-21)42-2/h3-5,7-11,13,15-16,18,24-25H,6,12,14,17H2,1-2H3/t18-,24-,25-/m1/s1. The molecular formula is C32H28Cl2N2O7. The number of carbonyl (C=O) groups is 5. The van der Waals surface area contributed by atoms with Crippen molar-refractivity contribution in [2.75, 3.05) is 13.7 Å². The maximum atomic E-state index is 13.7. The molecule has 3 amide bonds. The molecule has 1 heterocycles. The van der Waals surface area contributed by atoms with Crippen LogP contribution in [0, 0.1) is 17.8 Å². The zero-order valence-corrected chi connectivity index (χ0v) is 24.9. The van der Waals surface area contributed by atoms with Crippen molar-refractivity contribution < 1.29 is 33.4 Å². The number of hydrogen-bond acceptors (Lipinski definition) is 7. The first-order valence-electron chi connectivity index (χ1n) is 13.7. The summed E-state index contributed by atoms with van der Waals surface area (Å²) in [5, 5.41) is 2.06. The molecule has 2 fully saturated rings. The van der Waals surface area contributed by atoms with Crippen LogP contribution in [0.1, 0.15) is 57.3 Å². The number of nitrogens with zero attached hydrogens (tertiary/aromatic N) is 2. The molecule has 43 heavy (non-hydrogen) atoms. The zero-order chi connectivity index (χ0) is 30.8. The van der Waals surface area contributed by atoms with Crippen LogP contribution in [0.25, 0.3) is 0 Å². The first-order valence-corrected chi connectivity index (χ1v) is 14.5. The highest BCUT2D eigenvalue weighted by Crippen LogP contribution is 2.41. The van der Waals surface area contributed by atoms with Crippen LogP contribution >= 0.6 is 23.2 Å². The smallest absolute Gasteiger partial charge is 0.343 e. The number of halogens is 2. The monoisotopic (exact) mass is 622 g/mol. The van der Waals surface area contributed by atoms with Crippen LogP contribution in [-0.2, 0) is 9.59 Å². The molecule has 0 N–H and O–H groups in total. The molecule has 1 aliphatic heterocycles. The second-order valence-electron chi connectivity index (χ2n) is 10.7. The first-order chi connectivity index (χ1) is 20.6. The number of methoxy groups -OCH3 is 1. The molecule has 9 nitrogen and oxygen atoms in total. The second-order valence-corrected chi connectivity index (χ2v) is 11.5. The maximum Gasteiger partial charge on any atom is 0.343 e. The van der Waals surface area contributed by atoms with Crippen molar-refractivity contribution in [3.8, 4) is 11.5 Å². The minimum Gasteiger partial charge on any atom is -0.497 e. The zero-order valence-electron chi connectivity index (χ0n) is 23.4. The fraction of sp³-hybridized carbons (Fsp3) is 0.281. The third-order valence-electron chi connectivity index (χ3n) is 7.79. The van der Waals surface area contributed by atoms with Gasteiger partial charge in [-0.15, -0.1) is 0 Å². The lowest BCUT2D eigenvalue weighted by molar-refractivity contribution is -0.154. The lowest BCUT2D eigenvalue weighted by Gasteiger charge is -2.30. The Morgan fingerprint density at radius 3 is 2.23 bits per heavy atom. The molecule has 3 aromatic carbocycles. The van der Waals surface area contributed by atoms with Gasteiger partial charge in [0.1, 0.15) is 18.0 Å². The molecule has 0 radical (unpaired) electrons. The number of esters is 1. The highest BCUT2D eigenvalue weighted by atomic mass is 35.5. The van der Waals surface area contributed by atoms with Gasteiger partial charge in [0, 0.05) is 11.1 Å². The van der Waals surface area contributed by atoms with Crippen LogP contribution in [0.2, 0.25) is 10.0 Å². The highest BCUT2D eigenvalue weighted by Gasteiger charge is 2.52. The van der Waals surface area contributed by atoms with Gasteiger partial charge in [0.05, 0.1) is 34.6 Å². The summed E-state index contributed by atoms with van der Waals surface area (Å²) in [6, 6.07) is 16.4. The first kappa shape index (κ1) is 30.3. The number of hydrogen-bond donors (Lipinski definition) is 0. The van der Waals surface area contributed by atoms with Crippen LogP contribution in [0.5, 0.6) is 11.5 Å². The molecule has 0 unspecified atom stereocenters. The lowest BCUT2D eigenvalue weighted by atomic mass is 9.76. The number of carbonyl (C=O) groups excluding carboxylic acids is 5. The van der Waals surface area contributed by atoms with E-state index in [0.29, 0.717) is 18.6 Å². The van der Waals surface area contributed by atoms with E-state index >= 15 is 0 Å². The Kier molecular flexibility index (Phi) is 8.84. The third-order valence-corrected chi connectivity index (χ3v) is 8.53. The van der Waals surface area contributed by atoms with E-state index in [-0.39, 0.29) is 38.4 Å². The van der Waals surface area contributed by atoms with Gasteiger partial charge >= 0.3 is 5.97 Å². The molecule has 3 atom stereocenters. The quantitative estimate of drug-likeness (QED) is 0.133. The molecule has 5 rings (SSSR count). The van der Waals surface area contributed by atoms with Crippen LogP contribution in [0.3, 0.4) is 0 Å². The van der Waals surface area contributed by atoms with Gasteiger partial charge in [-0.2, -0.15) is 5.01 Å². The number of ether oxygens (including phenoxy) is 2. The van der Waals surface area contributed by atoms with Crippen molar-refractivity contribution in [3.05, 3.63) is 93.5 Å². The summed E-state index contributed by atoms with van der Waals surface area (Å²) in [7, 11) is 1.49. The normalized spacial score (nSPS) is 19.5. The molecule has 1 saturated heterocycles. The largest absolute Gasteiger partial charge is 0.497 e. The van der Waals surface area contributed by atoms with Crippen molar-refractivity contribution >= 4 is 52.7 Å². The minimum absolute atomic E-state index is 0.0610. The second kappa shape index (κ2) is 12.6. The van der Waals surface area contributed by atoms with E-state index in [2.05, 4.69) is 0 Å². The number of benzene rings is 3. The number of hydrazine groups is 1. The average Bonchev–Trinajstić information content (AvgIpc) is 3.25. The van der Waals surface area contributed by atoms with Gasteiger partial charge in [-0.3, -0.25) is 19.2 Å². The Bertz CT molecular complexity index is 1610. The summed E-state index contributed by atoms with van der Waals surface area (Å²) in [6.45, 7) is 1.44. The summed E-state index contributed by atoms with van der Waals surface area (Å²) >= 11 is 12.2. The van der Waals surface area contributed by atoms with Crippen molar-refractivity contribution in [1.29, 1.82) is 0 Å². The molecule has 0 aromatic heterocycles. The van der Waals surface area contributed by atoms with Crippen molar-refractivity contribution in [2.45, 2.75) is 26.2 Å². The molecule has 1 saturated carbocycles. The van der Waals surface area contributed by atoms with Crippen molar-refractivity contribution in [3.63, 3.8) is 0 Å². The van der Waals surface area contributed by atoms with Gasteiger partial charge in [0.2, 0.25) is 0 Å². The number of amides is 3. The number of imide groups is 1. The fourth-order valence-corrected chi connectivity index (χ4v) is 5.77. The predicted octanol–water partition coefficient (Wildman–Crippen LogP) is 5.88. The summed E-state index contributed by atoms with van der Waals surface area (Å²) < 4.78 is 10.5. The van der Waals surface area contributed by atoms with Gasteiger partial charge < -0.3 is 9.47 Å². The number of fused-ring (bicyclic) bond motifs is 1. The SMILES string of the molecule is COc1cccc(C(=O)Oc2ccc(C(=O)CN(C(=O)c3ccc(Cl)c(Cl)c3)N3C(=O)[C@@H]4CC[C@@H](C)C[C@H]4C3=O)cc2)c1. The molecule has 11 heteroatoms. The Labute approximate surface area is 258 Å². The molecule has 0 bridgehead atoms. The molecule has 3 aromatic rings. The van der Waals surface area contributed by atoms with Crippen LogP contribution in [-0.4, -0.2) is 53.1 Å². The number of ketones is 1. The molecule has 222 valence electrons. The van der Waals surface area contributed by atoms with E-state index in [9.17, 15) is 24.0 Å². The van der Waals surface area contributed by atoms with Crippen molar-refractivity contribution in [2.24, 2.45) is 17.8 Å².